The minimum atomic E-state index is 0.454. The predicted octanol–water partition coefficient (Wildman–Crippen LogP) is 3.99. The SMILES string of the molecule is COc1cc(CNn2cn[nH]c2=S)cc(Cl)c1OCc1cccs1. The molecule has 0 aliphatic heterocycles. The number of benzene rings is 1. The molecule has 0 radical (unpaired) electrons. The Morgan fingerprint density at radius 2 is 2.33 bits per heavy atom. The van der Waals surface area contributed by atoms with E-state index in [4.69, 9.17) is 33.3 Å². The highest BCUT2D eigenvalue weighted by Crippen LogP contribution is 2.37. The summed E-state index contributed by atoms with van der Waals surface area (Å²) in [6.07, 6.45) is 1.57. The van der Waals surface area contributed by atoms with Crippen molar-refractivity contribution in [2.24, 2.45) is 0 Å². The van der Waals surface area contributed by atoms with Gasteiger partial charge in [0, 0.05) is 4.88 Å². The van der Waals surface area contributed by atoms with Crippen LogP contribution in [0.5, 0.6) is 11.5 Å². The van der Waals surface area contributed by atoms with Crippen molar-refractivity contribution in [1.82, 2.24) is 14.9 Å². The molecule has 9 heteroatoms. The summed E-state index contributed by atoms with van der Waals surface area (Å²) in [7, 11) is 1.59. The molecule has 0 saturated heterocycles. The Morgan fingerprint density at radius 1 is 1.46 bits per heavy atom. The summed E-state index contributed by atoms with van der Waals surface area (Å²) in [6.45, 7) is 0.963. The molecule has 3 aromatic rings. The molecule has 0 aliphatic rings. The largest absolute Gasteiger partial charge is 0.493 e. The predicted molar refractivity (Wildman–Crippen MR) is 97.1 cm³/mol. The van der Waals surface area contributed by atoms with Gasteiger partial charge in [0.25, 0.3) is 0 Å². The van der Waals surface area contributed by atoms with Crippen molar-refractivity contribution in [3.05, 3.63) is 56.2 Å². The van der Waals surface area contributed by atoms with Crippen molar-refractivity contribution < 1.29 is 9.47 Å². The maximum Gasteiger partial charge on any atom is 0.214 e. The van der Waals surface area contributed by atoms with Crippen LogP contribution in [0.25, 0.3) is 0 Å². The first kappa shape index (κ1) is 16.8. The number of nitrogens with zero attached hydrogens (tertiary/aromatic N) is 2. The number of hydrogen-bond donors (Lipinski definition) is 2. The fourth-order valence-corrected chi connectivity index (χ4v) is 3.16. The van der Waals surface area contributed by atoms with Crippen LogP contribution < -0.4 is 14.9 Å². The molecule has 0 bridgehead atoms. The van der Waals surface area contributed by atoms with E-state index in [1.165, 1.54) is 0 Å². The van der Waals surface area contributed by atoms with Crippen LogP contribution in [0.15, 0.2) is 36.0 Å². The molecule has 0 amide bonds. The van der Waals surface area contributed by atoms with Crippen LogP contribution in [0.4, 0.5) is 0 Å². The second-order valence-electron chi connectivity index (χ2n) is 4.84. The Labute approximate surface area is 153 Å². The number of rotatable bonds is 7. The van der Waals surface area contributed by atoms with Crippen LogP contribution in [0.2, 0.25) is 5.02 Å². The normalized spacial score (nSPS) is 10.6. The van der Waals surface area contributed by atoms with Gasteiger partial charge < -0.3 is 14.9 Å². The molecule has 0 spiro atoms. The zero-order valence-electron chi connectivity index (χ0n) is 12.8. The van der Waals surface area contributed by atoms with E-state index in [-0.39, 0.29) is 0 Å². The van der Waals surface area contributed by atoms with Gasteiger partial charge in [0.05, 0.1) is 18.7 Å². The molecule has 126 valence electrons. The molecular formula is C15H15ClN4O2S2. The van der Waals surface area contributed by atoms with Gasteiger partial charge >= 0.3 is 0 Å². The third-order valence-corrected chi connectivity index (χ3v) is 4.65. The molecule has 24 heavy (non-hydrogen) atoms. The van der Waals surface area contributed by atoms with Crippen LogP contribution in [0.1, 0.15) is 10.4 Å². The Bertz CT molecular complexity index is 861. The fraction of sp³-hybridized carbons (Fsp3) is 0.200. The third-order valence-electron chi connectivity index (χ3n) is 3.23. The molecule has 0 atom stereocenters. The van der Waals surface area contributed by atoms with E-state index in [1.54, 1.807) is 29.5 Å². The third kappa shape index (κ3) is 3.89. The maximum absolute atomic E-state index is 6.37. The Hall–Kier alpha value is -2.03. The summed E-state index contributed by atoms with van der Waals surface area (Å²) in [5, 5.41) is 9.03. The molecule has 2 aromatic heterocycles. The summed E-state index contributed by atoms with van der Waals surface area (Å²) in [4.78, 5) is 1.12. The average molecular weight is 383 g/mol. The number of aromatic nitrogens is 3. The topological polar surface area (TPSA) is 64.1 Å². The smallest absolute Gasteiger partial charge is 0.214 e. The standard InChI is InChI=1S/C15H15ClN4O2S2/c1-21-13-6-10(7-18-20-9-17-19-15(20)23)5-12(16)14(13)22-8-11-3-2-4-24-11/h2-6,9,18H,7-8H2,1H3,(H,19,23). The fourth-order valence-electron chi connectivity index (χ4n) is 2.09. The second kappa shape index (κ2) is 7.69. The van der Waals surface area contributed by atoms with E-state index in [9.17, 15) is 0 Å². The summed E-state index contributed by atoms with van der Waals surface area (Å²) in [5.74, 6) is 1.13. The molecular weight excluding hydrogens is 368 g/mol. The highest BCUT2D eigenvalue weighted by Gasteiger charge is 2.13. The lowest BCUT2D eigenvalue weighted by Gasteiger charge is -2.14. The van der Waals surface area contributed by atoms with Crippen molar-refractivity contribution in [3.8, 4) is 11.5 Å². The monoisotopic (exact) mass is 382 g/mol. The number of nitrogens with one attached hydrogen (secondary N) is 2. The highest BCUT2D eigenvalue weighted by atomic mass is 35.5. The lowest BCUT2D eigenvalue weighted by atomic mass is 10.2. The Morgan fingerprint density at radius 3 is 3.00 bits per heavy atom. The van der Waals surface area contributed by atoms with Crippen LogP contribution in [0, 0.1) is 4.77 Å². The van der Waals surface area contributed by atoms with Crippen LogP contribution >= 0.6 is 35.2 Å². The molecule has 3 rings (SSSR count). The van der Waals surface area contributed by atoms with Crippen molar-refractivity contribution in [2.75, 3.05) is 12.5 Å². The lowest BCUT2D eigenvalue weighted by Crippen LogP contribution is -2.13. The number of halogens is 1. The van der Waals surface area contributed by atoms with Gasteiger partial charge in [-0.05, 0) is 41.4 Å². The first-order chi connectivity index (χ1) is 11.7. The van der Waals surface area contributed by atoms with E-state index in [1.807, 2.05) is 29.6 Å². The molecule has 0 unspecified atom stereocenters. The molecule has 2 heterocycles. The van der Waals surface area contributed by atoms with Crippen molar-refractivity contribution in [3.63, 3.8) is 0 Å². The van der Waals surface area contributed by atoms with Crippen LogP contribution in [-0.4, -0.2) is 22.0 Å². The van der Waals surface area contributed by atoms with Crippen LogP contribution in [-0.2, 0) is 13.2 Å². The van der Waals surface area contributed by atoms with Crippen molar-refractivity contribution in [1.29, 1.82) is 0 Å². The molecule has 2 N–H and O–H groups in total. The van der Waals surface area contributed by atoms with E-state index in [0.29, 0.717) is 34.4 Å². The van der Waals surface area contributed by atoms with E-state index in [0.717, 1.165) is 10.4 Å². The minimum absolute atomic E-state index is 0.454. The average Bonchev–Trinajstić information content (AvgIpc) is 3.23. The molecule has 0 aliphatic carbocycles. The summed E-state index contributed by atoms with van der Waals surface area (Å²) >= 11 is 13.1. The molecule has 0 saturated carbocycles. The minimum Gasteiger partial charge on any atom is -0.493 e. The molecule has 0 fully saturated rings. The van der Waals surface area contributed by atoms with Gasteiger partial charge in [0.1, 0.15) is 12.9 Å². The maximum atomic E-state index is 6.37. The van der Waals surface area contributed by atoms with Crippen LogP contribution in [0.3, 0.4) is 0 Å². The first-order valence-electron chi connectivity index (χ1n) is 7.05. The zero-order chi connectivity index (χ0) is 16.9. The van der Waals surface area contributed by atoms with E-state index < -0.39 is 0 Å². The summed E-state index contributed by atoms with van der Waals surface area (Å²) < 4.78 is 13.4. The number of aromatic amines is 1. The summed E-state index contributed by atoms with van der Waals surface area (Å²) in [6, 6.07) is 7.71. The van der Waals surface area contributed by atoms with Gasteiger partial charge in [-0.25, -0.2) is 4.68 Å². The first-order valence-corrected chi connectivity index (χ1v) is 8.71. The highest BCUT2D eigenvalue weighted by molar-refractivity contribution is 7.71. The van der Waals surface area contributed by atoms with E-state index >= 15 is 0 Å². The zero-order valence-corrected chi connectivity index (χ0v) is 15.2. The van der Waals surface area contributed by atoms with Gasteiger partial charge in [-0.1, -0.05) is 17.7 Å². The Balaban J connectivity index is 1.74. The van der Waals surface area contributed by atoms with Gasteiger partial charge in [-0.15, -0.1) is 11.3 Å². The molecule has 1 aromatic carbocycles. The quantitative estimate of drug-likeness (QED) is 0.605. The second-order valence-corrected chi connectivity index (χ2v) is 6.67. The van der Waals surface area contributed by atoms with Gasteiger partial charge in [0.2, 0.25) is 4.77 Å². The Kier molecular flexibility index (Phi) is 5.39. The van der Waals surface area contributed by atoms with E-state index in [2.05, 4.69) is 15.6 Å². The number of thiophene rings is 1. The molecule has 6 nitrogen and oxygen atoms in total. The number of H-pyrrole nitrogens is 1. The lowest BCUT2D eigenvalue weighted by molar-refractivity contribution is 0.287. The summed E-state index contributed by atoms with van der Waals surface area (Å²) in [5.41, 5.74) is 4.06. The van der Waals surface area contributed by atoms with Gasteiger partial charge in [-0.3, -0.25) is 5.10 Å². The van der Waals surface area contributed by atoms with Crippen molar-refractivity contribution >= 4 is 35.2 Å². The number of hydrogen-bond acceptors (Lipinski definition) is 6. The van der Waals surface area contributed by atoms with Crippen molar-refractivity contribution in [2.45, 2.75) is 13.2 Å². The number of methoxy groups -OCH3 is 1. The number of ether oxygens (including phenoxy) is 2. The van der Waals surface area contributed by atoms with Gasteiger partial charge in [-0.2, -0.15) is 5.10 Å². The van der Waals surface area contributed by atoms with Gasteiger partial charge in [0.15, 0.2) is 11.5 Å².